The van der Waals surface area contributed by atoms with E-state index in [0.29, 0.717) is 38.6 Å². The minimum atomic E-state index is -1.31. The number of benzene rings is 8. The van der Waals surface area contributed by atoms with E-state index in [1.54, 1.807) is 12.1 Å². The summed E-state index contributed by atoms with van der Waals surface area (Å²) in [5.74, 6) is 11.8. The van der Waals surface area contributed by atoms with Gasteiger partial charge in [-0.25, -0.2) is 25.0 Å². The highest BCUT2D eigenvalue weighted by Crippen LogP contribution is 2.46. The van der Waals surface area contributed by atoms with Gasteiger partial charge < -0.3 is 9.47 Å². The van der Waals surface area contributed by atoms with Crippen molar-refractivity contribution in [1.29, 1.82) is 10.5 Å². The predicted octanol–water partition coefficient (Wildman–Crippen LogP) is 11.7. The molecule has 0 radical (unpaired) electrons. The molecule has 0 heterocycles. The molecule has 0 atom stereocenters. The van der Waals surface area contributed by atoms with Gasteiger partial charge in [-0.2, -0.15) is 5.26 Å². The minimum Gasteiger partial charge on any atom is -0.494 e. The van der Waals surface area contributed by atoms with Crippen molar-refractivity contribution in [1.82, 2.24) is 0 Å². The molecule has 0 bridgehead atoms. The molecule has 8 rings (SSSR count). The van der Waals surface area contributed by atoms with Gasteiger partial charge >= 0.3 is 11.9 Å². The first kappa shape index (κ1) is 61.6. The van der Waals surface area contributed by atoms with Crippen molar-refractivity contribution >= 4 is 73.1 Å². The Balaban J connectivity index is 1.11. The van der Waals surface area contributed by atoms with Crippen LogP contribution in [0.1, 0.15) is 56.6 Å². The summed E-state index contributed by atoms with van der Waals surface area (Å²) in [6.45, 7) is 18.6. The summed E-state index contributed by atoms with van der Waals surface area (Å²) in [4.78, 5) is 36.3. The molecule has 430 valence electrons. The van der Waals surface area contributed by atoms with E-state index in [1.165, 1.54) is 25.7 Å². The smallest absolute Gasteiger partial charge is 0.421 e. The van der Waals surface area contributed by atoms with E-state index in [-0.39, 0.29) is 17.1 Å². The number of fused-ring (bicyclic) bond motifs is 4. The summed E-state index contributed by atoms with van der Waals surface area (Å²) in [6.07, 6.45) is 6.93. The third-order valence-corrected chi connectivity index (χ3v) is 13.0. The van der Waals surface area contributed by atoms with Gasteiger partial charge in [0.1, 0.15) is 23.3 Å². The van der Waals surface area contributed by atoms with Crippen LogP contribution in [0.5, 0.6) is 11.5 Å². The van der Waals surface area contributed by atoms with Gasteiger partial charge in [-0.15, -0.1) is 0 Å². The van der Waals surface area contributed by atoms with E-state index in [9.17, 15) is 20.1 Å². The quantitative estimate of drug-likeness (QED) is 0.00533. The first-order valence-corrected chi connectivity index (χ1v) is 25.9. The Morgan fingerprint density at radius 2 is 1.00 bits per heavy atom. The number of unbranched alkanes of at least 4 members (excludes halogenated alkanes) is 5. The van der Waals surface area contributed by atoms with Crippen molar-refractivity contribution < 1.29 is 89.7 Å². The molecule has 8 aromatic carbocycles. The van der Waals surface area contributed by atoms with Crippen LogP contribution in [0.2, 0.25) is 0 Å². The van der Waals surface area contributed by atoms with E-state index in [2.05, 4.69) is 173 Å². The van der Waals surface area contributed by atoms with Crippen LogP contribution in [0, 0.1) is 78.6 Å². The second-order valence-electron chi connectivity index (χ2n) is 18.3. The van der Waals surface area contributed by atoms with Crippen molar-refractivity contribution in [3.05, 3.63) is 154 Å². The fourth-order valence-electron chi connectivity index (χ4n) is 9.50. The van der Waals surface area contributed by atoms with Gasteiger partial charge in [0.25, 0.3) is 5.70 Å². The predicted molar refractivity (Wildman–Crippen MR) is 305 cm³/mol. The molecule has 0 saturated heterocycles. The standard InChI is InChI=1S/C64H46N4O18/c1-6-7-8-9-12-15-34-72-47-26-20-43(21-27-47)62-49-30-18-41(2)35-53(49)61(44-22-28-48(29-23-44)73-59(69)16-13-10-11-14-17-60(70)74-76-78-80-82-84-86-85-83-81-79-77-75-71)50-32-24-45(37-55(50)62)46-25-33-52-56(38-46)64(58(40-66)68-5)51-31-19-42(3)36-54(51)63(52)57(39-65)67-4/h18-33,35-38,71H,4,6-9,12,15,34H2,1-3H3/b63-57+,64-58-. The van der Waals surface area contributed by atoms with E-state index in [0.717, 1.165) is 84.6 Å². The maximum Gasteiger partial charge on any atom is 0.421 e. The van der Waals surface area contributed by atoms with E-state index in [1.807, 2.05) is 86.5 Å². The van der Waals surface area contributed by atoms with Crippen molar-refractivity contribution in [2.45, 2.75) is 59.3 Å². The molecule has 86 heavy (non-hydrogen) atoms. The van der Waals surface area contributed by atoms with Gasteiger partial charge in [-0.1, -0.05) is 135 Å². The monoisotopic (exact) mass is 1160 g/mol. The number of carbonyl (C=O) groups excluding carboxylic acids is 2. The molecule has 22 nitrogen and oxygen atoms in total. The Labute approximate surface area is 489 Å². The molecule has 0 saturated carbocycles. The summed E-state index contributed by atoms with van der Waals surface area (Å²) < 4.78 is 11.8. The largest absolute Gasteiger partial charge is 0.494 e. The van der Waals surface area contributed by atoms with E-state index >= 15 is 0 Å². The fourth-order valence-corrected chi connectivity index (χ4v) is 9.50. The normalized spacial score (nSPS) is 11.4. The first-order chi connectivity index (χ1) is 42.1. The molecule has 8 aromatic rings. The number of nitriles is 2. The van der Waals surface area contributed by atoms with Crippen LogP contribution in [0.15, 0.2) is 126 Å². The van der Waals surface area contributed by atoms with Crippen LogP contribution in [-0.2, 0) is 74.9 Å². The first-order valence-electron chi connectivity index (χ1n) is 25.9. The lowest BCUT2D eigenvalue weighted by atomic mass is 9.84. The lowest BCUT2D eigenvalue weighted by Gasteiger charge is -2.20. The van der Waals surface area contributed by atoms with Crippen LogP contribution in [-0.4, -0.2) is 30.5 Å². The number of hydrogen-bond acceptors (Lipinski definition) is 21. The number of carbonyl (C=O) groups is 2. The zero-order valence-corrected chi connectivity index (χ0v) is 45.9. The molecule has 0 spiro atoms. The van der Waals surface area contributed by atoms with Crippen LogP contribution >= 0.6 is 0 Å². The molecule has 0 amide bonds. The van der Waals surface area contributed by atoms with Gasteiger partial charge in [0.05, 0.1) is 19.2 Å². The van der Waals surface area contributed by atoms with Crippen LogP contribution < -0.4 is 19.9 Å². The molecule has 1 N–H and O–H groups in total. The number of hydrogen-bond donors (Lipinski definition) is 1. The summed E-state index contributed by atoms with van der Waals surface area (Å²) in [7, 11) is 0. The van der Waals surface area contributed by atoms with Gasteiger partial charge in [0.2, 0.25) is 0 Å². The number of nitrogens with zero attached hydrogens (tertiary/aromatic N) is 4. The number of aliphatic imine (C=N–C) groups is 1. The van der Waals surface area contributed by atoms with Gasteiger partial charge in [-0.05, 0) is 194 Å². The van der Waals surface area contributed by atoms with Crippen LogP contribution in [0.4, 0.5) is 0 Å². The number of ether oxygens (including phenoxy) is 2. The Kier molecular flexibility index (Phi) is 22.4. The van der Waals surface area contributed by atoms with Gasteiger partial charge in [-0.3, -0.25) is 9.88 Å². The number of aryl methyl sites for hydroxylation is 2. The average molecular weight is 1160 g/mol. The van der Waals surface area contributed by atoms with Crippen molar-refractivity contribution in [3.8, 4) is 92.5 Å². The molecular weight excluding hydrogens is 1110 g/mol. The van der Waals surface area contributed by atoms with Gasteiger partial charge in [0, 0.05) is 52.5 Å². The molecule has 0 fully saturated rings. The van der Waals surface area contributed by atoms with Crippen LogP contribution in [0.25, 0.3) is 92.7 Å². The molecule has 0 aliphatic heterocycles. The highest BCUT2D eigenvalue weighted by Gasteiger charge is 2.20. The topological polar surface area (TPSA) is 257 Å². The highest BCUT2D eigenvalue weighted by atomic mass is 18.0. The molecule has 0 aliphatic carbocycles. The zero-order chi connectivity index (χ0) is 60.6. The molecular formula is C64H46N4O18. The van der Waals surface area contributed by atoms with Crippen molar-refractivity contribution in [2.24, 2.45) is 4.99 Å². The van der Waals surface area contributed by atoms with Crippen LogP contribution in [0.3, 0.4) is 0 Å². The lowest BCUT2D eigenvalue weighted by molar-refractivity contribution is -0.874. The Bertz CT molecular complexity index is 4310. The maximum atomic E-state index is 12.8. The third kappa shape index (κ3) is 15.6. The maximum absolute atomic E-state index is 12.8. The number of esters is 1. The second kappa shape index (κ2) is 31.3. The Morgan fingerprint density at radius 1 is 0.523 bits per heavy atom. The minimum absolute atomic E-state index is 0.0905. The fraction of sp³-hybridized carbons (Fsp3) is 0.156. The Morgan fingerprint density at radius 3 is 1.58 bits per heavy atom. The zero-order valence-electron chi connectivity index (χ0n) is 45.9. The molecule has 0 aromatic heterocycles. The Hall–Kier alpha value is -10.4. The molecule has 22 heteroatoms. The summed E-state index contributed by atoms with van der Waals surface area (Å²) in [6, 6.07) is 43.7. The number of rotatable bonds is 25. The van der Waals surface area contributed by atoms with E-state index < -0.39 is 11.9 Å². The lowest BCUT2D eigenvalue weighted by Crippen LogP contribution is -2.18. The third-order valence-electron chi connectivity index (χ3n) is 13.0. The highest BCUT2D eigenvalue weighted by molar-refractivity contribution is 6.22. The van der Waals surface area contributed by atoms with E-state index in [4.69, 9.17) is 21.3 Å². The van der Waals surface area contributed by atoms with Crippen molar-refractivity contribution in [3.63, 3.8) is 0 Å². The summed E-state index contributed by atoms with van der Waals surface area (Å²) in [5, 5.41) is 78.6. The van der Waals surface area contributed by atoms with Crippen molar-refractivity contribution in [2.75, 3.05) is 6.61 Å². The summed E-state index contributed by atoms with van der Waals surface area (Å²) in [5.41, 5.74) is 7.29. The SMILES string of the molecule is [C-]#[N+]/C(C#N)=c1\c2cc(-c3ccc4c(-c5ccc(OC(=O)C#CC#CC#CC(=O)OOOOOOOOOOOOOO)cc5)c5cc(C)ccc5c(-c5ccc(OCCCCCCCC)cc5)c4c3)ccc2/c(=C(/C#N)N=C)c2cc(C)ccc12. The second-order valence-corrected chi connectivity index (χ2v) is 18.3. The van der Waals surface area contributed by atoms with Gasteiger partial charge in [0.15, 0.2) is 0 Å². The summed E-state index contributed by atoms with van der Waals surface area (Å²) >= 11 is 0. The molecule has 0 unspecified atom stereocenters. The average Bonchev–Trinajstić information content (AvgIpc) is 2.48. The molecule has 0 aliphatic rings.